The van der Waals surface area contributed by atoms with Crippen LogP contribution in [0, 0.1) is 13.8 Å². The summed E-state index contributed by atoms with van der Waals surface area (Å²) >= 11 is 0. The highest BCUT2D eigenvalue weighted by molar-refractivity contribution is 6.10. The maximum Gasteiger partial charge on any atom is 0.170 e. The van der Waals surface area contributed by atoms with Gasteiger partial charge in [-0.1, -0.05) is 48.5 Å². The van der Waals surface area contributed by atoms with Crippen molar-refractivity contribution in [3.05, 3.63) is 182 Å². The molecule has 64 heavy (non-hydrogen) atoms. The van der Waals surface area contributed by atoms with E-state index in [1.165, 1.54) is 0 Å². The van der Waals surface area contributed by atoms with E-state index in [4.69, 9.17) is 38.9 Å². The second-order valence-electron chi connectivity index (χ2n) is 15.7. The van der Waals surface area contributed by atoms with Gasteiger partial charge in [-0.05, 0) is 104 Å². The van der Waals surface area contributed by atoms with Crippen molar-refractivity contribution in [2.45, 2.75) is 13.8 Å². The highest BCUT2D eigenvalue weighted by Gasteiger charge is 2.20. The van der Waals surface area contributed by atoms with E-state index in [1.807, 2.05) is 85.2 Å². The van der Waals surface area contributed by atoms with Crippen LogP contribution in [0.4, 0.5) is 0 Å². The molecule has 10 heteroatoms. The minimum Gasteiger partial charge on any atom is -0.493 e. The van der Waals surface area contributed by atoms with Crippen molar-refractivity contribution in [2.24, 2.45) is 0 Å². The quantitative estimate of drug-likeness (QED) is 0.134. The molecule has 0 spiro atoms. The van der Waals surface area contributed by atoms with Crippen molar-refractivity contribution in [3.8, 4) is 68.6 Å². The fraction of sp³-hybridized carbons (Fsp3) is 0.0741. The zero-order valence-electron chi connectivity index (χ0n) is 35.5. The Balaban J connectivity index is 0.895. The van der Waals surface area contributed by atoms with Gasteiger partial charge in [0.1, 0.15) is 34.6 Å². The molecule has 0 atom stereocenters. The van der Waals surface area contributed by atoms with Crippen LogP contribution in [-0.2, 0) is 0 Å². The van der Waals surface area contributed by atoms with Crippen LogP contribution in [0.1, 0.15) is 11.1 Å². The lowest BCUT2D eigenvalue weighted by atomic mass is 10.1. The third-order valence-electron chi connectivity index (χ3n) is 11.5. The number of aromatic nitrogens is 6. The van der Waals surface area contributed by atoms with Crippen molar-refractivity contribution >= 4 is 43.6 Å². The van der Waals surface area contributed by atoms with Crippen LogP contribution in [0.15, 0.2) is 170 Å². The molecular formula is C54H40N6O4. The predicted molar refractivity (Wildman–Crippen MR) is 253 cm³/mol. The first-order valence-electron chi connectivity index (χ1n) is 20.9. The van der Waals surface area contributed by atoms with Crippen LogP contribution < -0.4 is 18.9 Å². The molecular weight excluding hydrogens is 797 g/mol. The molecule has 0 bridgehead atoms. The summed E-state index contributed by atoms with van der Waals surface area (Å²) in [6.45, 7) is 4.15. The summed E-state index contributed by atoms with van der Waals surface area (Å²) in [5.74, 6) is 5.29. The Bertz CT molecular complexity index is 3580. The number of ether oxygens (including phenoxy) is 4. The van der Waals surface area contributed by atoms with E-state index >= 15 is 0 Å². The number of hydrogen-bond acceptors (Lipinski definition) is 8. The van der Waals surface area contributed by atoms with Gasteiger partial charge in [-0.15, -0.1) is 0 Å². The van der Waals surface area contributed by atoms with Gasteiger partial charge in [0.25, 0.3) is 0 Å². The molecule has 5 heterocycles. The van der Waals surface area contributed by atoms with Crippen LogP contribution in [0.25, 0.3) is 77.8 Å². The number of aryl methyl sites for hydroxylation is 2. The number of fused-ring (bicyclic) bond motifs is 6. The fourth-order valence-corrected chi connectivity index (χ4v) is 8.60. The number of rotatable bonds is 10. The first-order valence-corrected chi connectivity index (χ1v) is 20.9. The molecule has 0 saturated carbocycles. The summed E-state index contributed by atoms with van der Waals surface area (Å²) in [6, 6.07) is 48.8. The minimum atomic E-state index is 0.499. The predicted octanol–water partition coefficient (Wildman–Crippen LogP) is 13.0. The number of benzene rings is 6. The molecule has 0 aliphatic carbocycles. The molecule has 0 saturated heterocycles. The Morgan fingerprint density at radius 2 is 0.969 bits per heavy atom. The van der Waals surface area contributed by atoms with Gasteiger partial charge < -0.3 is 18.9 Å². The van der Waals surface area contributed by atoms with Gasteiger partial charge in [-0.2, -0.15) is 0 Å². The van der Waals surface area contributed by atoms with Gasteiger partial charge in [0.05, 0.1) is 65.6 Å². The molecule has 0 radical (unpaired) electrons. The molecule has 0 aliphatic rings. The summed E-state index contributed by atoms with van der Waals surface area (Å²) in [5.41, 5.74) is 9.20. The number of para-hydroxylation sites is 2. The zero-order valence-corrected chi connectivity index (χ0v) is 35.5. The van der Waals surface area contributed by atoms with Gasteiger partial charge in [-0.3, -0.25) is 19.1 Å². The lowest BCUT2D eigenvalue weighted by molar-refractivity contribution is 0.353. The standard InChI is InChI=1S/C54H40N6O4/c1-33-20-22-55-52(24-33)59-47-14-7-5-12-40(47)42-18-16-37(28-49(42)59)63-36-11-9-10-35(26-36)45-31-58-46(32-57-45)44-27-39(30-51(61-3)54(44)62-4)64-38-17-19-43-41-13-6-8-15-48(41)60(50(43)29-38)53-25-34(2)21-23-56-53/h5-32H,1-4H3. The highest BCUT2D eigenvalue weighted by Crippen LogP contribution is 2.43. The summed E-state index contributed by atoms with van der Waals surface area (Å²) in [4.78, 5) is 19.2. The van der Waals surface area contributed by atoms with Crippen LogP contribution in [0.3, 0.4) is 0 Å². The molecule has 0 amide bonds. The Morgan fingerprint density at radius 1 is 0.422 bits per heavy atom. The van der Waals surface area contributed by atoms with Gasteiger partial charge >= 0.3 is 0 Å². The van der Waals surface area contributed by atoms with Crippen molar-refractivity contribution < 1.29 is 18.9 Å². The molecule has 310 valence electrons. The largest absolute Gasteiger partial charge is 0.493 e. The average molecular weight is 837 g/mol. The molecule has 11 aromatic rings. The normalized spacial score (nSPS) is 11.4. The number of hydrogen-bond donors (Lipinski definition) is 0. The third kappa shape index (κ3) is 6.78. The van der Waals surface area contributed by atoms with Crippen molar-refractivity contribution in [2.75, 3.05) is 14.2 Å². The van der Waals surface area contributed by atoms with E-state index < -0.39 is 0 Å². The van der Waals surface area contributed by atoms with Gasteiger partial charge in [0.15, 0.2) is 11.5 Å². The minimum absolute atomic E-state index is 0.499. The molecule has 0 N–H and O–H groups in total. The second-order valence-corrected chi connectivity index (χ2v) is 15.7. The number of nitrogens with zero attached hydrogens (tertiary/aromatic N) is 6. The Labute approximate surface area is 368 Å². The molecule has 5 aromatic heterocycles. The monoisotopic (exact) mass is 836 g/mol. The fourth-order valence-electron chi connectivity index (χ4n) is 8.60. The van der Waals surface area contributed by atoms with Crippen LogP contribution in [0.5, 0.6) is 34.5 Å². The highest BCUT2D eigenvalue weighted by atomic mass is 16.5. The van der Waals surface area contributed by atoms with Crippen LogP contribution in [-0.4, -0.2) is 43.3 Å². The van der Waals surface area contributed by atoms with Crippen molar-refractivity contribution in [1.29, 1.82) is 0 Å². The SMILES string of the molecule is COc1cc(Oc2ccc3c4ccccc4n(-c4cc(C)ccn4)c3c2)cc(-c2cnc(-c3cccc(Oc4ccc5c6ccccc6n(-c6cc(C)ccn6)c5c4)c3)cn2)c1OC. The summed E-state index contributed by atoms with van der Waals surface area (Å²) in [6.07, 6.45) is 7.17. The van der Waals surface area contributed by atoms with Crippen molar-refractivity contribution in [3.63, 3.8) is 0 Å². The lowest BCUT2D eigenvalue weighted by Gasteiger charge is -2.16. The molecule has 0 fully saturated rings. The Hall–Kier alpha value is -8.50. The Morgan fingerprint density at radius 3 is 1.53 bits per heavy atom. The first kappa shape index (κ1) is 38.4. The van der Waals surface area contributed by atoms with Gasteiger partial charge in [0.2, 0.25) is 0 Å². The van der Waals surface area contributed by atoms with Gasteiger partial charge in [0, 0.05) is 57.7 Å². The molecule has 11 rings (SSSR count). The maximum atomic E-state index is 6.59. The average Bonchev–Trinajstić information content (AvgIpc) is 3.83. The van der Waals surface area contributed by atoms with E-state index in [0.717, 1.165) is 71.9 Å². The zero-order chi connectivity index (χ0) is 43.3. The third-order valence-corrected chi connectivity index (χ3v) is 11.5. The molecule has 6 aromatic carbocycles. The van der Waals surface area contributed by atoms with Crippen LogP contribution >= 0.6 is 0 Å². The molecule has 0 unspecified atom stereocenters. The van der Waals surface area contributed by atoms with E-state index in [0.29, 0.717) is 51.4 Å². The Kier molecular flexibility index (Phi) is 9.46. The second kappa shape index (κ2) is 15.8. The summed E-state index contributed by atoms with van der Waals surface area (Å²) in [5, 5.41) is 4.51. The lowest BCUT2D eigenvalue weighted by Crippen LogP contribution is -1.98. The van der Waals surface area contributed by atoms with E-state index in [-0.39, 0.29) is 0 Å². The van der Waals surface area contributed by atoms with E-state index in [1.54, 1.807) is 26.6 Å². The maximum absolute atomic E-state index is 6.59. The van der Waals surface area contributed by atoms with Crippen molar-refractivity contribution in [1.82, 2.24) is 29.1 Å². The van der Waals surface area contributed by atoms with Gasteiger partial charge in [-0.25, -0.2) is 9.97 Å². The topological polar surface area (TPSA) is 98.3 Å². The molecule has 0 aliphatic heterocycles. The summed E-state index contributed by atoms with van der Waals surface area (Å²) in [7, 11) is 3.21. The van der Waals surface area contributed by atoms with E-state index in [2.05, 4.69) is 95.8 Å². The smallest absolute Gasteiger partial charge is 0.170 e. The van der Waals surface area contributed by atoms with E-state index in [9.17, 15) is 0 Å². The van der Waals surface area contributed by atoms with Crippen LogP contribution in [0.2, 0.25) is 0 Å². The molecule has 10 nitrogen and oxygen atoms in total. The first-order chi connectivity index (χ1) is 31.4. The number of methoxy groups -OCH3 is 2. The number of pyridine rings is 2. The summed E-state index contributed by atoms with van der Waals surface area (Å²) < 4.78 is 29.2.